The fourth-order valence-corrected chi connectivity index (χ4v) is 4.69. The first-order valence-electron chi connectivity index (χ1n) is 14.0. The Bertz CT molecular complexity index is 1060. The van der Waals surface area contributed by atoms with Crippen molar-refractivity contribution in [1.82, 2.24) is 15.5 Å². The molecule has 0 radical (unpaired) electrons. The predicted molar refractivity (Wildman–Crippen MR) is 154 cm³/mol. The van der Waals surface area contributed by atoms with E-state index in [0.29, 0.717) is 0 Å². The standard InChI is InChI=1S/C25H28F3N3.C4H10.C3H8/c1-16-10-4-5-11-18(16)17(2)29-24-20-13-7-9-15-22(20)30-23(31(24)3)19-12-6-8-14-21(19)25(26,27)28;1-3-4-2;1-3-2/h4-6,8,10-12,14,23-24,29-30H,2,7,9,13,15H2,1,3H3;3-4H2,1-2H3;3H2,1-2H3. The van der Waals surface area contributed by atoms with Crippen LogP contribution in [0.1, 0.15) is 101 Å². The van der Waals surface area contributed by atoms with Crippen molar-refractivity contribution in [3.05, 3.63) is 88.6 Å². The molecule has 4 rings (SSSR count). The Morgan fingerprint density at radius 1 is 0.974 bits per heavy atom. The summed E-state index contributed by atoms with van der Waals surface area (Å²) in [6.07, 6.45) is 2.55. The Balaban J connectivity index is 0.000000650. The highest BCUT2D eigenvalue weighted by Crippen LogP contribution is 2.40. The lowest BCUT2D eigenvalue weighted by atomic mass is 9.89. The summed E-state index contributed by atoms with van der Waals surface area (Å²) in [6.45, 7) is 14.9. The molecule has 1 heterocycles. The van der Waals surface area contributed by atoms with Crippen LogP contribution in [-0.4, -0.2) is 18.1 Å². The van der Waals surface area contributed by atoms with Crippen LogP contribution in [-0.2, 0) is 6.18 Å². The first-order chi connectivity index (χ1) is 18.1. The average Bonchev–Trinajstić information content (AvgIpc) is 2.90. The average molecular weight is 530 g/mol. The summed E-state index contributed by atoms with van der Waals surface area (Å²) in [5, 5.41) is 6.96. The Kier molecular flexibility index (Phi) is 12.4. The molecule has 2 atom stereocenters. The van der Waals surface area contributed by atoms with Gasteiger partial charge in [-0.1, -0.05) is 96.0 Å². The van der Waals surface area contributed by atoms with Gasteiger partial charge in [0.05, 0.1) is 5.56 Å². The molecule has 2 N–H and O–H groups in total. The number of benzene rings is 2. The summed E-state index contributed by atoms with van der Waals surface area (Å²) in [4.78, 5) is 1.96. The molecule has 0 bridgehead atoms. The molecule has 3 nitrogen and oxygen atoms in total. The predicted octanol–water partition coefficient (Wildman–Crippen LogP) is 9.18. The summed E-state index contributed by atoms with van der Waals surface area (Å²) in [5.74, 6) is 0. The number of nitrogens with one attached hydrogen (secondary N) is 2. The smallest absolute Gasteiger partial charge is 0.369 e. The van der Waals surface area contributed by atoms with Crippen LogP contribution >= 0.6 is 0 Å². The number of allylic oxidation sites excluding steroid dienone is 1. The highest BCUT2D eigenvalue weighted by molar-refractivity contribution is 5.65. The molecule has 0 amide bonds. The van der Waals surface area contributed by atoms with Gasteiger partial charge < -0.3 is 10.6 Å². The second kappa shape index (κ2) is 15.0. The van der Waals surface area contributed by atoms with Crippen LogP contribution in [0, 0.1) is 6.92 Å². The van der Waals surface area contributed by atoms with Gasteiger partial charge in [0.15, 0.2) is 0 Å². The largest absolute Gasteiger partial charge is 0.416 e. The molecule has 2 unspecified atom stereocenters. The van der Waals surface area contributed by atoms with Crippen molar-refractivity contribution < 1.29 is 13.2 Å². The first kappa shape index (κ1) is 31.5. The number of alkyl halides is 3. The van der Waals surface area contributed by atoms with Crippen molar-refractivity contribution in [1.29, 1.82) is 0 Å². The number of aryl methyl sites for hydroxylation is 1. The zero-order valence-corrected chi connectivity index (χ0v) is 24.0. The fourth-order valence-electron chi connectivity index (χ4n) is 4.69. The quantitative estimate of drug-likeness (QED) is 0.404. The molecule has 2 aromatic carbocycles. The highest BCUT2D eigenvalue weighted by atomic mass is 19.4. The number of rotatable bonds is 5. The number of unbranched alkanes of at least 4 members (excludes halogenated alkanes) is 1. The van der Waals surface area contributed by atoms with Gasteiger partial charge in [-0.05, 0) is 62.4 Å². The van der Waals surface area contributed by atoms with Gasteiger partial charge >= 0.3 is 6.18 Å². The molecule has 2 aromatic rings. The first-order valence-corrected chi connectivity index (χ1v) is 14.0. The Morgan fingerprint density at radius 3 is 2.16 bits per heavy atom. The van der Waals surface area contributed by atoms with E-state index in [1.807, 2.05) is 43.1 Å². The maximum atomic E-state index is 13.7. The number of hydrogen-bond donors (Lipinski definition) is 2. The van der Waals surface area contributed by atoms with Gasteiger partial charge in [-0.3, -0.25) is 4.90 Å². The zero-order valence-electron chi connectivity index (χ0n) is 24.0. The molecule has 2 aliphatic rings. The zero-order chi connectivity index (χ0) is 28.3. The lowest BCUT2D eigenvalue weighted by Crippen LogP contribution is -2.54. The minimum absolute atomic E-state index is 0.227. The minimum Gasteiger partial charge on any atom is -0.369 e. The molecular formula is C32H46F3N3. The van der Waals surface area contributed by atoms with Gasteiger partial charge in [0.2, 0.25) is 0 Å². The molecule has 1 aliphatic carbocycles. The summed E-state index contributed by atoms with van der Waals surface area (Å²) < 4.78 is 41.2. The second-order valence-electron chi connectivity index (χ2n) is 10.1. The van der Waals surface area contributed by atoms with Gasteiger partial charge in [0, 0.05) is 17.0 Å². The molecule has 0 aromatic heterocycles. The van der Waals surface area contributed by atoms with Crippen molar-refractivity contribution in [2.75, 3.05) is 7.05 Å². The third kappa shape index (κ3) is 8.13. The van der Waals surface area contributed by atoms with Gasteiger partial charge in [0.25, 0.3) is 0 Å². The van der Waals surface area contributed by atoms with E-state index in [1.54, 1.807) is 12.1 Å². The maximum absolute atomic E-state index is 13.7. The van der Waals surface area contributed by atoms with E-state index in [2.05, 4.69) is 44.9 Å². The summed E-state index contributed by atoms with van der Waals surface area (Å²) in [6, 6.07) is 13.8. The van der Waals surface area contributed by atoms with E-state index in [1.165, 1.54) is 30.9 Å². The molecule has 1 aliphatic heterocycles. The number of hydrogen-bond acceptors (Lipinski definition) is 3. The maximum Gasteiger partial charge on any atom is 0.416 e. The molecule has 6 heteroatoms. The van der Waals surface area contributed by atoms with Crippen molar-refractivity contribution in [3.8, 4) is 0 Å². The molecule has 38 heavy (non-hydrogen) atoms. The lowest BCUT2D eigenvalue weighted by Gasteiger charge is -2.46. The SMILES string of the molecule is C=C(NC1C2=C(CCCC2)NC(c2ccccc2C(F)(F)F)N1C)c1ccccc1C.CCC.CCCC. The normalized spacial score (nSPS) is 19.2. The Morgan fingerprint density at radius 2 is 1.55 bits per heavy atom. The molecular weight excluding hydrogens is 483 g/mol. The molecule has 0 spiro atoms. The minimum atomic E-state index is -4.41. The Labute approximate surface area is 228 Å². The van der Waals surface area contributed by atoms with Crippen LogP contribution in [0.25, 0.3) is 5.70 Å². The van der Waals surface area contributed by atoms with E-state index in [-0.39, 0.29) is 11.7 Å². The van der Waals surface area contributed by atoms with Gasteiger partial charge in [-0.25, -0.2) is 0 Å². The third-order valence-electron chi connectivity index (χ3n) is 6.81. The van der Waals surface area contributed by atoms with Gasteiger partial charge in [-0.2, -0.15) is 13.2 Å². The lowest BCUT2D eigenvalue weighted by molar-refractivity contribution is -0.139. The van der Waals surface area contributed by atoms with Crippen molar-refractivity contribution >= 4 is 5.70 Å². The van der Waals surface area contributed by atoms with Crippen molar-refractivity contribution in [3.63, 3.8) is 0 Å². The topological polar surface area (TPSA) is 27.3 Å². The van der Waals surface area contributed by atoms with E-state index in [0.717, 1.165) is 54.3 Å². The number of nitrogens with zero attached hydrogens (tertiary/aromatic N) is 1. The van der Waals surface area contributed by atoms with Crippen LogP contribution in [0.5, 0.6) is 0 Å². The van der Waals surface area contributed by atoms with Crippen LogP contribution in [0.3, 0.4) is 0 Å². The van der Waals surface area contributed by atoms with Crippen molar-refractivity contribution in [2.45, 2.75) is 98.1 Å². The summed E-state index contributed by atoms with van der Waals surface area (Å²) in [5.41, 5.74) is 4.80. The van der Waals surface area contributed by atoms with E-state index >= 15 is 0 Å². The van der Waals surface area contributed by atoms with Crippen LogP contribution in [0.15, 0.2) is 66.4 Å². The monoisotopic (exact) mass is 529 g/mol. The second-order valence-corrected chi connectivity index (χ2v) is 10.1. The summed E-state index contributed by atoms with van der Waals surface area (Å²) in [7, 11) is 1.87. The van der Waals surface area contributed by atoms with E-state index in [4.69, 9.17) is 0 Å². The van der Waals surface area contributed by atoms with Crippen molar-refractivity contribution in [2.24, 2.45) is 0 Å². The Hall–Kier alpha value is -2.73. The third-order valence-corrected chi connectivity index (χ3v) is 6.81. The molecule has 0 saturated carbocycles. The van der Waals surface area contributed by atoms with Crippen LogP contribution in [0.4, 0.5) is 13.2 Å². The van der Waals surface area contributed by atoms with Gasteiger partial charge in [0.1, 0.15) is 12.3 Å². The molecule has 0 fully saturated rings. The van der Waals surface area contributed by atoms with Gasteiger partial charge in [-0.15, -0.1) is 0 Å². The van der Waals surface area contributed by atoms with Crippen LogP contribution in [0.2, 0.25) is 0 Å². The number of likely N-dealkylation sites (N-methyl/N-ethyl adjacent to an activating group) is 1. The highest BCUT2D eigenvalue weighted by Gasteiger charge is 2.40. The fraction of sp³-hybridized carbons (Fsp3) is 0.500. The van der Waals surface area contributed by atoms with E-state index < -0.39 is 17.9 Å². The number of halogens is 3. The van der Waals surface area contributed by atoms with Crippen LogP contribution < -0.4 is 10.6 Å². The summed E-state index contributed by atoms with van der Waals surface area (Å²) >= 11 is 0. The molecule has 0 saturated heterocycles. The van der Waals surface area contributed by atoms with E-state index in [9.17, 15) is 13.2 Å². The molecule has 210 valence electrons.